The third-order valence-electron chi connectivity index (χ3n) is 3.87. The molecule has 1 aliphatic rings. The highest BCUT2D eigenvalue weighted by Gasteiger charge is 2.18. The molecule has 0 saturated carbocycles. The summed E-state index contributed by atoms with van der Waals surface area (Å²) in [4.78, 5) is 2.50. The molecule has 0 fully saturated rings. The van der Waals surface area contributed by atoms with Crippen LogP contribution in [0.2, 0.25) is 0 Å². The number of anilines is 2. The number of aryl methyl sites for hydroxylation is 1. The van der Waals surface area contributed by atoms with Gasteiger partial charge in [-0.2, -0.15) is 0 Å². The van der Waals surface area contributed by atoms with Gasteiger partial charge in [0.05, 0.1) is 11.4 Å². The van der Waals surface area contributed by atoms with Gasteiger partial charge in [-0.25, -0.2) is 0 Å². The topological polar surface area (TPSA) is 29.3 Å². The summed E-state index contributed by atoms with van der Waals surface area (Å²) in [7, 11) is 0. The summed E-state index contributed by atoms with van der Waals surface area (Å²) in [6, 6.07) is 6.35. The van der Waals surface area contributed by atoms with E-state index in [2.05, 4.69) is 24.0 Å². The molecule has 100 valence electrons. The first-order valence-electron chi connectivity index (χ1n) is 7.45. The zero-order valence-corrected chi connectivity index (χ0v) is 11.6. The Morgan fingerprint density at radius 2 is 2.00 bits per heavy atom. The zero-order chi connectivity index (χ0) is 12.8. The van der Waals surface area contributed by atoms with Gasteiger partial charge in [-0.15, -0.1) is 0 Å². The first-order chi connectivity index (χ1) is 8.83. The van der Waals surface area contributed by atoms with Gasteiger partial charge >= 0.3 is 0 Å². The van der Waals surface area contributed by atoms with Crippen molar-refractivity contribution in [2.24, 2.45) is 0 Å². The van der Waals surface area contributed by atoms with Crippen molar-refractivity contribution in [2.75, 3.05) is 23.7 Å². The lowest BCUT2D eigenvalue weighted by Gasteiger charge is -2.32. The monoisotopic (exact) mass is 246 g/mol. The van der Waals surface area contributed by atoms with Gasteiger partial charge in [-0.05, 0) is 30.9 Å². The van der Waals surface area contributed by atoms with E-state index in [-0.39, 0.29) is 0 Å². The number of hydrogen-bond donors (Lipinski definition) is 1. The summed E-state index contributed by atoms with van der Waals surface area (Å²) >= 11 is 0. The molecule has 1 aromatic carbocycles. The largest absolute Gasteiger partial charge is 0.397 e. The van der Waals surface area contributed by atoms with Gasteiger partial charge in [0.1, 0.15) is 0 Å². The van der Waals surface area contributed by atoms with Crippen LogP contribution in [0.4, 0.5) is 11.4 Å². The van der Waals surface area contributed by atoms with E-state index in [9.17, 15) is 0 Å². The third kappa shape index (κ3) is 3.18. The molecule has 2 N–H and O–H groups in total. The van der Waals surface area contributed by atoms with Crippen LogP contribution in [0.3, 0.4) is 0 Å². The van der Waals surface area contributed by atoms with Crippen molar-refractivity contribution in [1.82, 2.24) is 0 Å². The Morgan fingerprint density at radius 3 is 2.83 bits per heavy atom. The third-order valence-corrected chi connectivity index (χ3v) is 3.87. The maximum atomic E-state index is 6.14. The second-order valence-electron chi connectivity index (χ2n) is 5.36. The fraction of sp³-hybridized carbons (Fsp3) is 0.625. The van der Waals surface area contributed by atoms with Gasteiger partial charge in [0.25, 0.3) is 0 Å². The molecule has 0 saturated heterocycles. The highest BCUT2D eigenvalue weighted by atomic mass is 15.1. The van der Waals surface area contributed by atoms with E-state index in [1.54, 1.807) is 0 Å². The molecule has 1 aromatic rings. The molecule has 0 amide bonds. The number of rotatable bonds is 6. The van der Waals surface area contributed by atoms with Crippen LogP contribution in [0, 0.1) is 0 Å². The molecule has 0 bridgehead atoms. The minimum atomic E-state index is 0.959. The normalized spacial score (nSPS) is 14.6. The van der Waals surface area contributed by atoms with E-state index in [1.165, 1.54) is 69.3 Å². The smallest absolute Gasteiger partial charge is 0.0632 e. The van der Waals surface area contributed by atoms with Gasteiger partial charge in [0.15, 0.2) is 0 Å². The molecule has 0 radical (unpaired) electrons. The fourth-order valence-electron chi connectivity index (χ4n) is 2.90. The Kier molecular flexibility index (Phi) is 4.91. The van der Waals surface area contributed by atoms with Crippen molar-refractivity contribution in [1.29, 1.82) is 0 Å². The van der Waals surface area contributed by atoms with Crippen molar-refractivity contribution in [3.63, 3.8) is 0 Å². The van der Waals surface area contributed by atoms with E-state index < -0.39 is 0 Å². The van der Waals surface area contributed by atoms with Gasteiger partial charge < -0.3 is 10.6 Å². The molecule has 18 heavy (non-hydrogen) atoms. The molecule has 1 aliphatic heterocycles. The van der Waals surface area contributed by atoms with Gasteiger partial charge in [-0.1, -0.05) is 44.7 Å². The van der Waals surface area contributed by atoms with Crippen molar-refractivity contribution in [3.8, 4) is 0 Å². The summed E-state index contributed by atoms with van der Waals surface area (Å²) in [5.74, 6) is 0. The summed E-state index contributed by atoms with van der Waals surface area (Å²) in [6.45, 7) is 4.61. The molecule has 2 rings (SSSR count). The van der Waals surface area contributed by atoms with E-state index >= 15 is 0 Å². The average Bonchev–Trinajstić information content (AvgIpc) is 2.39. The number of unbranched alkanes of at least 4 members (excludes halogenated alkanes) is 4. The highest BCUT2D eigenvalue weighted by molar-refractivity contribution is 5.72. The molecular formula is C16H26N2. The molecule has 0 aliphatic carbocycles. The maximum absolute atomic E-state index is 6.14. The van der Waals surface area contributed by atoms with Crippen LogP contribution in [-0.2, 0) is 6.42 Å². The summed E-state index contributed by atoms with van der Waals surface area (Å²) < 4.78 is 0. The van der Waals surface area contributed by atoms with Crippen molar-refractivity contribution in [3.05, 3.63) is 23.8 Å². The number of nitrogen functional groups attached to an aromatic ring is 1. The fourth-order valence-corrected chi connectivity index (χ4v) is 2.90. The first kappa shape index (κ1) is 13.3. The zero-order valence-electron chi connectivity index (χ0n) is 11.6. The Hall–Kier alpha value is -1.18. The summed E-state index contributed by atoms with van der Waals surface area (Å²) in [5, 5.41) is 0. The van der Waals surface area contributed by atoms with Crippen LogP contribution in [0.1, 0.15) is 51.0 Å². The lowest BCUT2D eigenvalue weighted by atomic mass is 10.00. The molecule has 2 nitrogen and oxygen atoms in total. The molecule has 0 spiro atoms. The first-order valence-corrected chi connectivity index (χ1v) is 7.45. The molecule has 0 unspecified atom stereocenters. The molecule has 1 heterocycles. The lowest BCUT2D eigenvalue weighted by molar-refractivity contribution is 0.603. The van der Waals surface area contributed by atoms with Crippen molar-refractivity contribution < 1.29 is 0 Å². The van der Waals surface area contributed by atoms with Crippen molar-refractivity contribution in [2.45, 2.75) is 51.9 Å². The standard InChI is InChI=1S/C16H26N2/c1-2-3-4-5-6-12-18-13-8-10-14-9-7-11-15(17)16(14)18/h7,9,11H,2-6,8,10,12-13,17H2,1H3. The summed E-state index contributed by atoms with van der Waals surface area (Å²) in [6.07, 6.45) is 9.18. The molecule has 2 heteroatoms. The van der Waals surface area contributed by atoms with Crippen LogP contribution in [0.5, 0.6) is 0 Å². The van der Waals surface area contributed by atoms with E-state index in [4.69, 9.17) is 5.73 Å². The number of hydrogen-bond acceptors (Lipinski definition) is 2. The number of nitrogens with two attached hydrogens (primary N) is 1. The van der Waals surface area contributed by atoms with Crippen LogP contribution in [0.25, 0.3) is 0 Å². The Balaban J connectivity index is 1.91. The number of benzene rings is 1. The minimum absolute atomic E-state index is 0.959. The van der Waals surface area contributed by atoms with Gasteiger partial charge in [-0.3, -0.25) is 0 Å². The molecular weight excluding hydrogens is 220 g/mol. The second kappa shape index (κ2) is 6.67. The Labute approximate surface area is 111 Å². The maximum Gasteiger partial charge on any atom is 0.0632 e. The quantitative estimate of drug-likeness (QED) is 0.607. The Morgan fingerprint density at radius 1 is 1.17 bits per heavy atom. The number of nitrogens with zero attached hydrogens (tertiary/aromatic N) is 1. The van der Waals surface area contributed by atoms with Crippen LogP contribution in [0.15, 0.2) is 18.2 Å². The predicted molar refractivity (Wildman–Crippen MR) is 80.1 cm³/mol. The molecule has 0 aromatic heterocycles. The van der Waals surface area contributed by atoms with Crippen molar-refractivity contribution >= 4 is 11.4 Å². The van der Waals surface area contributed by atoms with Gasteiger partial charge in [0, 0.05) is 13.1 Å². The highest BCUT2D eigenvalue weighted by Crippen LogP contribution is 2.32. The lowest BCUT2D eigenvalue weighted by Crippen LogP contribution is -2.31. The van der Waals surface area contributed by atoms with Crippen LogP contribution < -0.4 is 10.6 Å². The summed E-state index contributed by atoms with van der Waals surface area (Å²) in [5.41, 5.74) is 9.86. The van der Waals surface area contributed by atoms with Crippen LogP contribution >= 0.6 is 0 Å². The molecule has 0 atom stereocenters. The predicted octanol–water partition coefficient (Wildman–Crippen LogP) is 3.99. The minimum Gasteiger partial charge on any atom is -0.397 e. The number of para-hydroxylation sites is 1. The average molecular weight is 246 g/mol. The van der Waals surface area contributed by atoms with E-state index in [0.717, 1.165) is 5.69 Å². The van der Waals surface area contributed by atoms with Gasteiger partial charge in [0.2, 0.25) is 0 Å². The Bertz CT molecular complexity index is 373. The second-order valence-corrected chi connectivity index (χ2v) is 5.36. The number of fused-ring (bicyclic) bond motifs is 1. The van der Waals surface area contributed by atoms with E-state index in [1.807, 2.05) is 6.07 Å². The van der Waals surface area contributed by atoms with E-state index in [0.29, 0.717) is 0 Å². The van der Waals surface area contributed by atoms with Crippen LogP contribution in [-0.4, -0.2) is 13.1 Å². The SMILES string of the molecule is CCCCCCCN1CCCc2cccc(N)c21.